The molecule has 0 atom stereocenters. The molecule has 4 heteroatoms. The third-order valence-corrected chi connectivity index (χ3v) is 5.60. The van der Waals surface area contributed by atoms with Crippen LogP contribution in [0.5, 0.6) is 0 Å². The first-order valence-corrected chi connectivity index (χ1v) is 14.1. The quantitative estimate of drug-likeness (QED) is 0.0784. The molecular weight excluding hydrogens is 424 g/mol. The first kappa shape index (κ1) is 34.6. The summed E-state index contributed by atoms with van der Waals surface area (Å²) in [7, 11) is 0. The lowest BCUT2D eigenvalue weighted by atomic mass is 10.1. The summed E-state index contributed by atoms with van der Waals surface area (Å²) in [4.78, 5) is 22.5. The van der Waals surface area contributed by atoms with Gasteiger partial charge in [0.05, 0.1) is 13.2 Å². The maximum atomic E-state index is 11.3. The summed E-state index contributed by atoms with van der Waals surface area (Å²) in [6, 6.07) is 0. The summed E-state index contributed by atoms with van der Waals surface area (Å²) in [5.41, 5.74) is 0. The molecule has 0 aliphatic heterocycles. The average molecular weight is 481 g/mol. The van der Waals surface area contributed by atoms with E-state index < -0.39 is 0 Å². The molecule has 0 aromatic carbocycles. The topological polar surface area (TPSA) is 52.6 Å². The third-order valence-electron chi connectivity index (χ3n) is 5.60. The van der Waals surface area contributed by atoms with Crippen LogP contribution in [0.25, 0.3) is 0 Å². The largest absolute Gasteiger partial charge is 0.466 e. The molecule has 0 fully saturated rings. The molecule has 0 radical (unpaired) electrons. The number of rotatable bonds is 24. The Morgan fingerprint density at radius 2 is 0.853 bits per heavy atom. The number of carbonyl (C=O) groups excluding carboxylic acids is 2. The number of esters is 2. The van der Waals surface area contributed by atoms with E-state index in [1.165, 1.54) is 51.4 Å². The highest BCUT2D eigenvalue weighted by atomic mass is 16.5. The predicted molar refractivity (Wildman–Crippen MR) is 146 cm³/mol. The van der Waals surface area contributed by atoms with Crippen molar-refractivity contribution < 1.29 is 19.1 Å². The van der Waals surface area contributed by atoms with Crippen molar-refractivity contribution >= 4 is 11.9 Å². The summed E-state index contributed by atoms with van der Waals surface area (Å²) in [6.07, 6.45) is 25.9. The maximum Gasteiger partial charge on any atom is 0.305 e. The van der Waals surface area contributed by atoms with Gasteiger partial charge in [0.15, 0.2) is 0 Å². The molecule has 0 amide bonds. The molecule has 4 nitrogen and oxygen atoms in total. The molecule has 0 aliphatic carbocycles. The van der Waals surface area contributed by atoms with Crippen molar-refractivity contribution in [1.29, 1.82) is 0 Å². The van der Waals surface area contributed by atoms with Gasteiger partial charge in [-0.3, -0.25) is 9.59 Å². The minimum absolute atomic E-state index is 0.0230. The second-order valence-electron chi connectivity index (χ2n) is 9.05. The van der Waals surface area contributed by atoms with E-state index in [9.17, 15) is 9.59 Å². The van der Waals surface area contributed by atoms with Crippen LogP contribution in [-0.4, -0.2) is 25.2 Å². The van der Waals surface area contributed by atoms with Gasteiger partial charge in [0, 0.05) is 12.8 Å². The number of hydrogen-bond acceptors (Lipinski definition) is 4. The summed E-state index contributed by atoms with van der Waals surface area (Å²) in [5.74, 6) is -0.0461. The zero-order valence-corrected chi connectivity index (χ0v) is 22.8. The molecule has 34 heavy (non-hydrogen) atoms. The molecule has 0 saturated heterocycles. The smallest absolute Gasteiger partial charge is 0.305 e. The van der Waals surface area contributed by atoms with E-state index in [-0.39, 0.29) is 11.9 Å². The fourth-order valence-electron chi connectivity index (χ4n) is 3.34. The van der Waals surface area contributed by atoms with Gasteiger partial charge in [-0.25, -0.2) is 0 Å². The second-order valence-corrected chi connectivity index (χ2v) is 9.05. The number of unbranched alkanes of at least 4 members (excludes halogenated alkanes) is 14. The number of hydrogen-bond donors (Lipinski definition) is 0. The standard InChI is InChI=1S/2C15H28O2/c2*1-3-5-7-8-9-10-11-12-13-15(16)17-14-6-4-2/h2*3H,1,4-14H2,2H3. The molecule has 0 aromatic heterocycles. The minimum atomic E-state index is -0.0230. The molecule has 0 saturated carbocycles. The Morgan fingerprint density at radius 3 is 1.18 bits per heavy atom. The Labute approximate surface area is 211 Å². The number of ether oxygens (including phenoxy) is 2. The Morgan fingerprint density at radius 1 is 0.529 bits per heavy atom. The van der Waals surface area contributed by atoms with E-state index in [0.29, 0.717) is 26.1 Å². The van der Waals surface area contributed by atoms with E-state index in [0.717, 1.165) is 64.2 Å². The molecule has 0 rings (SSSR count). The van der Waals surface area contributed by atoms with E-state index in [2.05, 4.69) is 27.0 Å². The zero-order chi connectivity index (χ0) is 25.5. The molecular formula is C30H56O4. The summed E-state index contributed by atoms with van der Waals surface area (Å²) >= 11 is 0. The van der Waals surface area contributed by atoms with Crippen LogP contribution >= 0.6 is 0 Å². The van der Waals surface area contributed by atoms with Crippen LogP contribution in [0.1, 0.15) is 142 Å². The first-order valence-electron chi connectivity index (χ1n) is 14.1. The first-order chi connectivity index (χ1) is 16.6. The van der Waals surface area contributed by atoms with Gasteiger partial charge in [-0.1, -0.05) is 90.2 Å². The van der Waals surface area contributed by atoms with Crippen LogP contribution in [-0.2, 0) is 19.1 Å². The van der Waals surface area contributed by atoms with Crippen LogP contribution in [0.4, 0.5) is 0 Å². The van der Waals surface area contributed by atoms with Crippen molar-refractivity contribution in [2.75, 3.05) is 13.2 Å². The Kier molecular flexibility index (Phi) is 32.0. The van der Waals surface area contributed by atoms with Crippen LogP contribution in [0.15, 0.2) is 25.3 Å². The van der Waals surface area contributed by atoms with Crippen molar-refractivity contribution in [2.24, 2.45) is 0 Å². The lowest BCUT2D eigenvalue weighted by molar-refractivity contribution is -0.144. The highest BCUT2D eigenvalue weighted by molar-refractivity contribution is 5.69. The summed E-state index contributed by atoms with van der Waals surface area (Å²) < 4.78 is 10.2. The minimum Gasteiger partial charge on any atom is -0.466 e. The SMILES string of the molecule is C=CCCCCCCCCC(=O)OCCCC.C=CCCCCCCCCC(=O)OCCCC. The molecule has 0 aliphatic rings. The lowest BCUT2D eigenvalue weighted by Crippen LogP contribution is -2.05. The van der Waals surface area contributed by atoms with Gasteiger partial charge in [-0.2, -0.15) is 0 Å². The lowest BCUT2D eigenvalue weighted by Gasteiger charge is -2.03. The fraction of sp³-hybridized carbons (Fsp3) is 0.800. The number of allylic oxidation sites excluding steroid dienone is 2. The molecule has 0 N–H and O–H groups in total. The van der Waals surface area contributed by atoms with E-state index in [4.69, 9.17) is 9.47 Å². The molecule has 0 unspecified atom stereocenters. The summed E-state index contributed by atoms with van der Waals surface area (Å²) in [6.45, 7) is 12.8. The maximum absolute atomic E-state index is 11.3. The molecule has 0 spiro atoms. The van der Waals surface area contributed by atoms with Crippen molar-refractivity contribution in [3.05, 3.63) is 25.3 Å². The van der Waals surface area contributed by atoms with Gasteiger partial charge in [0.1, 0.15) is 0 Å². The second kappa shape index (κ2) is 31.4. The molecule has 0 aromatic rings. The average Bonchev–Trinajstić information content (AvgIpc) is 2.83. The third kappa shape index (κ3) is 32.6. The summed E-state index contributed by atoms with van der Waals surface area (Å²) in [5, 5.41) is 0. The molecule has 0 heterocycles. The van der Waals surface area contributed by atoms with Gasteiger partial charge in [-0.15, -0.1) is 13.2 Å². The van der Waals surface area contributed by atoms with Gasteiger partial charge in [0.2, 0.25) is 0 Å². The Hall–Kier alpha value is -1.58. The van der Waals surface area contributed by atoms with Crippen LogP contribution in [0, 0.1) is 0 Å². The van der Waals surface area contributed by atoms with Crippen molar-refractivity contribution in [3.8, 4) is 0 Å². The highest BCUT2D eigenvalue weighted by Crippen LogP contribution is 2.10. The van der Waals surface area contributed by atoms with Crippen molar-refractivity contribution in [3.63, 3.8) is 0 Å². The van der Waals surface area contributed by atoms with E-state index in [1.54, 1.807) is 0 Å². The Balaban J connectivity index is 0. The molecule has 200 valence electrons. The van der Waals surface area contributed by atoms with Gasteiger partial charge >= 0.3 is 11.9 Å². The normalized spacial score (nSPS) is 10.2. The fourth-order valence-corrected chi connectivity index (χ4v) is 3.34. The van der Waals surface area contributed by atoms with E-state index in [1.807, 2.05) is 12.2 Å². The number of carbonyl (C=O) groups is 2. The van der Waals surface area contributed by atoms with Crippen LogP contribution in [0.3, 0.4) is 0 Å². The van der Waals surface area contributed by atoms with Crippen LogP contribution in [0.2, 0.25) is 0 Å². The van der Waals surface area contributed by atoms with Gasteiger partial charge in [-0.05, 0) is 51.4 Å². The Bertz CT molecular complexity index is 417. The van der Waals surface area contributed by atoms with Crippen molar-refractivity contribution in [1.82, 2.24) is 0 Å². The predicted octanol–water partition coefficient (Wildman–Crippen LogP) is 9.27. The van der Waals surface area contributed by atoms with E-state index >= 15 is 0 Å². The van der Waals surface area contributed by atoms with Gasteiger partial charge < -0.3 is 9.47 Å². The zero-order valence-electron chi connectivity index (χ0n) is 22.8. The molecule has 0 bridgehead atoms. The monoisotopic (exact) mass is 480 g/mol. The highest BCUT2D eigenvalue weighted by Gasteiger charge is 2.02. The van der Waals surface area contributed by atoms with Crippen LogP contribution < -0.4 is 0 Å². The van der Waals surface area contributed by atoms with Crippen molar-refractivity contribution in [2.45, 2.75) is 142 Å². The van der Waals surface area contributed by atoms with Gasteiger partial charge in [0.25, 0.3) is 0 Å².